The second kappa shape index (κ2) is 7.14. The van der Waals surface area contributed by atoms with Crippen molar-refractivity contribution in [2.45, 2.75) is 19.8 Å². The Bertz CT molecular complexity index is 985. The second-order valence-corrected chi connectivity index (χ2v) is 5.53. The molecule has 10 heteroatoms. The maximum absolute atomic E-state index is 13.9. The number of pyridine rings is 1. The van der Waals surface area contributed by atoms with Crippen molar-refractivity contribution < 1.29 is 27.1 Å². The molecule has 140 valence electrons. The molecule has 0 saturated heterocycles. The van der Waals surface area contributed by atoms with Gasteiger partial charge in [-0.2, -0.15) is 15.0 Å². The number of aromatic nitrogens is 4. The molecule has 0 radical (unpaired) electrons. The van der Waals surface area contributed by atoms with Crippen LogP contribution in [-0.4, -0.2) is 32.1 Å². The lowest BCUT2D eigenvalue weighted by Gasteiger charge is -2.10. The number of ketones is 1. The Morgan fingerprint density at radius 2 is 1.96 bits per heavy atom. The summed E-state index contributed by atoms with van der Waals surface area (Å²) in [5.74, 6) is -1.48. The summed E-state index contributed by atoms with van der Waals surface area (Å²) in [6.45, 7) is 1.16. The summed E-state index contributed by atoms with van der Waals surface area (Å²) in [6.07, 6.45) is -3.51. The Labute approximate surface area is 150 Å². The topological polar surface area (TPSA) is 69.9 Å². The Hall–Kier alpha value is -3.30. The summed E-state index contributed by atoms with van der Waals surface area (Å²) in [6, 6.07) is 7.50. The van der Waals surface area contributed by atoms with Gasteiger partial charge in [-0.05, 0) is 30.3 Å². The fourth-order valence-corrected chi connectivity index (χ4v) is 2.29. The first kappa shape index (κ1) is 18.5. The van der Waals surface area contributed by atoms with Crippen LogP contribution in [0.5, 0.6) is 5.75 Å². The second-order valence-electron chi connectivity index (χ2n) is 5.53. The van der Waals surface area contributed by atoms with Gasteiger partial charge in [0, 0.05) is 12.5 Å². The van der Waals surface area contributed by atoms with E-state index in [-0.39, 0.29) is 23.6 Å². The molecule has 1 aromatic carbocycles. The molecule has 3 aromatic rings. The maximum Gasteiger partial charge on any atom is 0.573 e. The van der Waals surface area contributed by atoms with Crippen LogP contribution in [0.15, 0.2) is 42.6 Å². The molecule has 0 saturated carbocycles. The van der Waals surface area contributed by atoms with Gasteiger partial charge in [0.2, 0.25) is 0 Å². The van der Waals surface area contributed by atoms with E-state index in [1.54, 1.807) is 18.2 Å². The molecular formula is C17H12F4N4O2. The van der Waals surface area contributed by atoms with E-state index in [1.165, 1.54) is 13.1 Å². The Morgan fingerprint density at radius 1 is 1.19 bits per heavy atom. The number of benzene rings is 1. The largest absolute Gasteiger partial charge is 0.573 e. The van der Waals surface area contributed by atoms with Crippen LogP contribution in [0.4, 0.5) is 17.6 Å². The van der Waals surface area contributed by atoms with E-state index < -0.39 is 17.9 Å². The lowest BCUT2D eigenvalue weighted by Crippen LogP contribution is -2.17. The van der Waals surface area contributed by atoms with E-state index in [1.807, 2.05) is 0 Å². The number of halogens is 4. The van der Waals surface area contributed by atoms with Crippen molar-refractivity contribution in [1.82, 2.24) is 20.0 Å². The zero-order valence-electron chi connectivity index (χ0n) is 13.9. The van der Waals surface area contributed by atoms with Gasteiger partial charge < -0.3 is 4.74 Å². The Morgan fingerprint density at radius 3 is 2.67 bits per heavy atom. The normalized spacial score (nSPS) is 11.4. The van der Waals surface area contributed by atoms with E-state index in [0.717, 1.165) is 23.0 Å². The number of alkyl halides is 3. The maximum atomic E-state index is 13.9. The number of nitrogens with zero attached hydrogens (tertiary/aromatic N) is 4. The van der Waals surface area contributed by atoms with Gasteiger partial charge in [-0.25, -0.2) is 9.37 Å². The molecule has 0 aliphatic heterocycles. The third kappa shape index (κ3) is 4.66. The van der Waals surface area contributed by atoms with E-state index in [4.69, 9.17) is 0 Å². The number of ether oxygens (including phenoxy) is 1. The molecule has 2 heterocycles. The van der Waals surface area contributed by atoms with Crippen LogP contribution in [0.3, 0.4) is 0 Å². The Balaban J connectivity index is 1.83. The number of hydrogen-bond acceptors (Lipinski definition) is 5. The van der Waals surface area contributed by atoms with Crippen LogP contribution in [0.1, 0.15) is 23.0 Å². The van der Waals surface area contributed by atoms with Crippen molar-refractivity contribution in [3.63, 3.8) is 0 Å². The molecular weight excluding hydrogens is 368 g/mol. The van der Waals surface area contributed by atoms with Gasteiger partial charge in [-0.3, -0.25) is 4.79 Å². The monoisotopic (exact) mass is 380 g/mol. The molecule has 0 amide bonds. The summed E-state index contributed by atoms with van der Waals surface area (Å²) in [5, 5.41) is 8.08. The zero-order valence-corrected chi connectivity index (χ0v) is 13.9. The van der Waals surface area contributed by atoms with E-state index >= 15 is 0 Å². The lowest BCUT2D eigenvalue weighted by atomic mass is 10.2. The summed E-state index contributed by atoms with van der Waals surface area (Å²) in [7, 11) is 0. The quantitative estimate of drug-likeness (QED) is 0.499. The average molecular weight is 380 g/mol. The highest BCUT2D eigenvalue weighted by atomic mass is 19.4. The van der Waals surface area contributed by atoms with Gasteiger partial charge in [-0.15, -0.1) is 13.2 Å². The van der Waals surface area contributed by atoms with Gasteiger partial charge in [0.25, 0.3) is 0 Å². The average Bonchev–Trinajstić information content (AvgIpc) is 3.05. The van der Waals surface area contributed by atoms with Gasteiger partial charge in [0.1, 0.15) is 23.0 Å². The third-order valence-electron chi connectivity index (χ3n) is 3.47. The Kier molecular flexibility index (Phi) is 4.89. The van der Waals surface area contributed by atoms with Gasteiger partial charge in [0.05, 0.1) is 18.4 Å². The number of Topliss-reactive ketones (excluding diaryl/α,β-unsaturated/α-hetero) is 1. The predicted molar refractivity (Wildman–Crippen MR) is 85.4 cm³/mol. The number of carbonyl (C=O) groups is 1. The molecule has 27 heavy (non-hydrogen) atoms. The lowest BCUT2D eigenvalue weighted by molar-refractivity contribution is -0.274. The molecule has 0 atom stereocenters. The van der Waals surface area contributed by atoms with Gasteiger partial charge >= 0.3 is 6.36 Å². The molecule has 0 bridgehead atoms. The van der Waals surface area contributed by atoms with Crippen LogP contribution in [0, 0.1) is 5.82 Å². The summed E-state index contributed by atoms with van der Waals surface area (Å²) >= 11 is 0. The van der Waals surface area contributed by atoms with E-state index in [0.29, 0.717) is 11.4 Å². The van der Waals surface area contributed by atoms with Crippen LogP contribution in [0.25, 0.3) is 11.4 Å². The molecule has 0 N–H and O–H groups in total. The highest BCUT2D eigenvalue weighted by Crippen LogP contribution is 2.25. The fraction of sp³-hybridized carbons (Fsp3) is 0.176. The van der Waals surface area contributed by atoms with Crippen molar-refractivity contribution in [3.8, 4) is 17.1 Å². The summed E-state index contributed by atoms with van der Waals surface area (Å²) in [4.78, 5) is 16.7. The van der Waals surface area contributed by atoms with Crippen molar-refractivity contribution in [3.05, 3.63) is 59.7 Å². The molecule has 2 aromatic heterocycles. The van der Waals surface area contributed by atoms with E-state index in [2.05, 4.69) is 19.9 Å². The van der Waals surface area contributed by atoms with Crippen molar-refractivity contribution in [1.29, 1.82) is 0 Å². The highest BCUT2D eigenvalue weighted by molar-refractivity contribution is 5.92. The van der Waals surface area contributed by atoms with Gasteiger partial charge in [-0.1, -0.05) is 6.07 Å². The first-order valence-electron chi connectivity index (χ1n) is 7.64. The van der Waals surface area contributed by atoms with Crippen molar-refractivity contribution in [2.75, 3.05) is 0 Å². The molecule has 0 fully saturated rings. The molecule has 3 rings (SSSR count). The number of carbonyl (C=O) groups excluding carboxylic acids is 1. The van der Waals surface area contributed by atoms with Crippen LogP contribution in [0.2, 0.25) is 0 Å². The summed E-state index contributed by atoms with van der Waals surface area (Å²) < 4.78 is 54.6. The SMILES string of the molecule is CC(=O)c1cccc(-c2cnn(Cc3cc(OC(F)(F)F)ccc3F)n2)n1. The van der Waals surface area contributed by atoms with Gasteiger partial charge in [0.15, 0.2) is 5.78 Å². The fourth-order valence-electron chi connectivity index (χ4n) is 2.29. The minimum atomic E-state index is -4.88. The first-order valence-corrected chi connectivity index (χ1v) is 7.64. The predicted octanol–water partition coefficient (Wildman–Crippen LogP) is 3.63. The third-order valence-corrected chi connectivity index (χ3v) is 3.47. The first-order chi connectivity index (χ1) is 12.7. The summed E-state index contributed by atoms with van der Waals surface area (Å²) in [5.41, 5.74) is 0.902. The van der Waals surface area contributed by atoms with Crippen molar-refractivity contribution >= 4 is 5.78 Å². The van der Waals surface area contributed by atoms with E-state index in [9.17, 15) is 22.4 Å². The highest BCUT2D eigenvalue weighted by Gasteiger charge is 2.31. The number of rotatable bonds is 5. The molecule has 6 nitrogen and oxygen atoms in total. The molecule has 0 spiro atoms. The van der Waals surface area contributed by atoms with Crippen LogP contribution < -0.4 is 4.74 Å². The molecule has 0 aliphatic rings. The standard InChI is InChI=1S/C17H12F4N4O2/c1-10(26)14-3-2-4-15(23-14)16-8-22-25(24-16)9-11-7-12(5-6-13(11)18)27-17(19,20)21/h2-8H,9H2,1H3. The van der Waals surface area contributed by atoms with Crippen LogP contribution >= 0.6 is 0 Å². The van der Waals surface area contributed by atoms with Crippen molar-refractivity contribution in [2.24, 2.45) is 0 Å². The zero-order chi connectivity index (χ0) is 19.6. The van der Waals surface area contributed by atoms with Crippen LogP contribution in [-0.2, 0) is 6.54 Å². The smallest absolute Gasteiger partial charge is 0.406 e. The molecule has 0 unspecified atom stereocenters. The molecule has 0 aliphatic carbocycles. The number of hydrogen-bond donors (Lipinski definition) is 0. The minimum absolute atomic E-state index is 0.0793. The minimum Gasteiger partial charge on any atom is -0.406 e.